The zero-order valence-corrected chi connectivity index (χ0v) is 9.96. The third-order valence-electron chi connectivity index (χ3n) is 3.25. The van der Waals surface area contributed by atoms with Crippen molar-refractivity contribution in [2.24, 2.45) is 11.7 Å². The molecule has 0 bridgehead atoms. The Morgan fingerprint density at radius 2 is 1.93 bits per heavy atom. The highest BCUT2D eigenvalue weighted by molar-refractivity contribution is 5.76. The molecule has 1 aliphatic rings. The molecule has 0 aromatic heterocycles. The fourth-order valence-corrected chi connectivity index (χ4v) is 1.98. The molecule has 0 radical (unpaired) electrons. The van der Waals surface area contributed by atoms with Crippen LogP contribution in [0.2, 0.25) is 0 Å². The molecule has 3 heteroatoms. The molecule has 1 saturated carbocycles. The van der Waals surface area contributed by atoms with E-state index in [0.29, 0.717) is 18.4 Å². The first-order chi connectivity index (χ1) is 7.09. The van der Waals surface area contributed by atoms with Gasteiger partial charge in [-0.3, -0.25) is 4.79 Å². The molecule has 3 N–H and O–H groups in total. The Bertz CT molecular complexity index is 198. The second-order valence-corrected chi connectivity index (χ2v) is 5.01. The van der Waals surface area contributed by atoms with E-state index in [-0.39, 0.29) is 11.9 Å². The van der Waals surface area contributed by atoms with Gasteiger partial charge in [-0.1, -0.05) is 33.1 Å². The van der Waals surface area contributed by atoms with E-state index in [9.17, 15) is 4.79 Å². The Kier molecular flexibility index (Phi) is 5.09. The maximum absolute atomic E-state index is 11.6. The van der Waals surface area contributed by atoms with Crippen LogP contribution < -0.4 is 11.1 Å². The Morgan fingerprint density at radius 1 is 1.33 bits per heavy atom. The summed E-state index contributed by atoms with van der Waals surface area (Å²) in [6.07, 6.45) is 6.57. The van der Waals surface area contributed by atoms with Gasteiger partial charge < -0.3 is 11.1 Å². The molecule has 0 spiro atoms. The zero-order valence-electron chi connectivity index (χ0n) is 9.96. The van der Waals surface area contributed by atoms with Gasteiger partial charge in [0.05, 0.1) is 0 Å². The molecule has 0 saturated heterocycles. The average Bonchev–Trinajstić information content (AvgIpc) is 2.18. The third kappa shape index (κ3) is 4.65. The number of amides is 1. The van der Waals surface area contributed by atoms with Gasteiger partial charge in [0.2, 0.25) is 5.91 Å². The van der Waals surface area contributed by atoms with Gasteiger partial charge in [-0.15, -0.1) is 0 Å². The summed E-state index contributed by atoms with van der Waals surface area (Å²) in [7, 11) is 0. The largest absolute Gasteiger partial charge is 0.353 e. The van der Waals surface area contributed by atoms with Crippen molar-refractivity contribution in [2.75, 3.05) is 0 Å². The molecule has 15 heavy (non-hydrogen) atoms. The fraction of sp³-hybridized carbons (Fsp3) is 0.917. The molecule has 1 atom stereocenters. The lowest BCUT2D eigenvalue weighted by Gasteiger charge is -2.24. The number of hydrogen-bond donors (Lipinski definition) is 2. The van der Waals surface area contributed by atoms with Gasteiger partial charge in [0.15, 0.2) is 0 Å². The van der Waals surface area contributed by atoms with Gasteiger partial charge in [0, 0.05) is 18.5 Å². The van der Waals surface area contributed by atoms with E-state index in [1.165, 1.54) is 19.3 Å². The normalized spacial score (nSPS) is 20.3. The lowest BCUT2D eigenvalue weighted by molar-refractivity contribution is -0.122. The highest BCUT2D eigenvalue weighted by Crippen LogP contribution is 2.17. The van der Waals surface area contributed by atoms with Crippen LogP contribution in [-0.4, -0.2) is 18.0 Å². The standard InChI is InChI=1S/C12H24N2O/c1-9(2)11(13)8-12(15)14-10-6-4-3-5-7-10/h9-11H,3-8,13H2,1-2H3,(H,14,15). The van der Waals surface area contributed by atoms with Crippen molar-refractivity contribution in [3.63, 3.8) is 0 Å². The van der Waals surface area contributed by atoms with Crippen molar-refractivity contribution in [2.45, 2.75) is 64.5 Å². The summed E-state index contributed by atoms with van der Waals surface area (Å²) in [5, 5.41) is 3.09. The van der Waals surface area contributed by atoms with Crippen LogP contribution in [0, 0.1) is 5.92 Å². The molecule has 0 heterocycles. The molecule has 0 aliphatic heterocycles. The maximum atomic E-state index is 11.6. The Hall–Kier alpha value is -0.570. The molecule has 1 rings (SSSR count). The number of nitrogens with one attached hydrogen (secondary N) is 1. The molecule has 0 aromatic carbocycles. The maximum Gasteiger partial charge on any atom is 0.221 e. The number of nitrogens with two attached hydrogens (primary N) is 1. The minimum absolute atomic E-state index is 0.00593. The first kappa shape index (κ1) is 12.5. The van der Waals surface area contributed by atoms with E-state index in [4.69, 9.17) is 5.73 Å². The minimum atomic E-state index is -0.00593. The lowest BCUT2D eigenvalue weighted by Crippen LogP contribution is -2.40. The Labute approximate surface area is 92.8 Å². The van der Waals surface area contributed by atoms with Crippen molar-refractivity contribution in [1.29, 1.82) is 0 Å². The summed E-state index contributed by atoms with van der Waals surface area (Å²) in [6, 6.07) is 0.402. The van der Waals surface area contributed by atoms with Crippen LogP contribution in [0.25, 0.3) is 0 Å². The third-order valence-corrected chi connectivity index (χ3v) is 3.25. The minimum Gasteiger partial charge on any atom is -0.353 e. The second-order valence-electron chi connectivity index (χ2n) is 5.01. The molecule has 1 fully saturated rings. The molecular formula is C12H24N2O. The summed E-state index contributed by atoms with van der Waals surface area (Å²) in [5.74, 6) is 0.505. The quantitative estimate of drug-likeness (QED) is 0.746. The van der Waals surface area contributed by atoms with Crippen molar-refractivity contribution in [1.82, 2.24) is 5.32 Å². The van der Waals surface area contributed by atoms with Crippen LogP contribution in [0.1, 0.15) is 52.4 Å². The fourth-order valence-electron chi connectivity index (χ4n) is 1.98. The van der Waals surface area contributed by atoms with Gasteiger partial charge in [0.25, 0.3) is 0 Å². The molecule has 1 aliphatic carbocycles. The van der Waals surface area contributed by atoms with Crippen LogP contribution >= 0.6 is 0 Å². The molecule has 1 amide bonds. The molecule has 88 valence electrons. The number of carbonyl (C=O) groups is 1. The number of rotatable bonds is 4. The smallest absolute Gasteiger partial charge is 0.221 e. The highest BCUT2D eigenvalue weighted by atomic mass is 16.1. The lowest BCUT2D eigenvalue weighted by atomic mass is 9.95. The van der Waals surface area contributed by atoms with Gasteiger partial charge in [-0.05, 0) is 18.8 Å². The zero-order chi connectivity index (χ0) is 11.3. The van der Waals surface area contributed by atoms with Crippen molar-refractivity contribution in [3.05, 3.63) is 0 Å². The predicted molar refractivity (Wildman–Crippen MR) is 62.4 cm³/mol. The topological polar surface area (TPSA) is 55.1 Å². The van der Waals surface area contributed by atoms with E-state index in [1.807, 2.05) is 0 Å². The van der Waals surface area contributed by atoms with Gasteiger partial charge >= 0.3 is 0 Å². The van der Waals surface area contributed by atoms with E-state index in [2.05, 4.69) is 19.2 Å². The first-order valence-corrected chi connectivity index (χ1v) is 6.14. The van der Waals surface area contributed by atoms with Crippen molar-refractivity contribution in [3.8, 4) is 0 Å². The van der Waals surface area contributed by atoms with E-state index in [1.54, 1.807) is 0 Å². The van der Waals surface area contributed by atoms with Crippen LogP contribution in [0.3, 0.4) is 0 Å². The van der Waals surface area contributed by atoms with Crippen molar-refractivity contribution >= 4 is 5.91 Å². The molecule has 1 unspecified atom stereocenters. The number of hydrogen-bond acceptors (Lipinski definition) is 2. The van der Waals surface area contributed by atoms with E-state index < -0.39 is 0 Å². The summed E-state index contributed by atoms with van der Waals surface area (Å²) in [4.78, 5) is 11.6. The summed E-state index contributed by atoms with van der Waals surface area (Å²) >= 11 is 0. The highest BCUT2D eigenvalue weighted by Gasteiger charge is 2.18. The van der Waals surface area contributed by atoms with Gasteiger partial charge in [-0.25, -0.2) is 0 Å². The van der Waals surface area contributed by atoms with Crippen molar-refractivity contribution < 1.29 is 4.79 Å². The second kappa shape index (κ2) is 6.11. The predicted octanol–water partition coefficient (Wildman–Crippen LogP) is 1.81. The summed E-state index contributed by atoms with van der Waals surface area (Å²) in [5.41, 5.74) is 5.86. The SMILES string of the molecule is CC(C)C(N)CC(=O)NC1CCCCC1. The van der Waals surface area contributed by atoms with Crippen LogP contribution in [0.4, 0.5) is 0 Å². The van der Waals surface area contributed by atoms with Crippen LogP contribution in [0.15, 0.2) is 0 Å². The number of carbonyl (C=O) groups excluding carboxylic acids is 1. The van der Waals surface area contributed by atoms with E-state index >= 15 is 0 Å². The summed E-state index contributed by atoms with van der Waals surface area (Å²) in [6.45, 7) is 4.11. The molecule has 3 nitrogen and oxygen atoms in total. The van der Waals surface area contributed by atoms with Gasteiger partial charge in [-0.2, -0.15) is 0 Å². The van der Waals surface area contributed by atoms with Crippen LogP contribution in [-0.2, 0) is 4.79 Å². The Balaban J connectivity index is 2.22. The summed E-state index contributed by atoms with van der Waals surface area (Å²) < 4.78 is 0. The Morgan fingerprint density at radius 3 is 2.47 bits per heavy atom. The molecular weight excluding hydrogens is 188 g/mol. The monoisotopic (exact) mass is 212 g/mol. The molecule has 0 aromatic rings. The van der Waals surface area contributed by atoms with E-state index in [0.717, 1.165) is 12.8 Å². The first-order valence-electron chi connectivity index (χ1n) is 6.14. The average molecular weight is 212 g/mol. The van der Waals surface area contributed by atoms with Crippen LogP contribution in [0.5, 0.6) is 0 Å². The van der Waals surface area contributed by atoms with Gasteiger partial charge in [0.1, 0.15) is 0 Å².